The van der Waals surface area contributed by atoms with Crippen molar-refractivity contribution in [3.63, 3.8) is 0 Å². The van der Waals surface area contributed by atoms with Crippen LogP contribution < -0.4 is 11.2 Å². The Hall–Kier alpha value is -2.92. The van der Waals surface area contributed by atoms with Crippen molar-refractivity contribution in [2.75, 3.05) is 6.16 Å². The quantitative estimate of drug-likeness (QED) is 0.262. The highest BCUT2D eigenvalue weighted by molar-refractivity contribution is 7.51. The summed E-state index contributed by atoms with van der Waals surface area (Å²) in [4.78, 5) is 51.4. The first-order chi connectivity index (χ1) is 14.7. The fourth-order valence-corrected chi connectivity index (χ4v) is 4.14. The number of aromatic nitrogens is 4. The maximum absolute atomic E-state index is 12.9. The van der Waals surface area contributed by atoms with E-state index in [-0.39, 0.29) is 42.8 Å². The molecule has 0 spiro atoms. The maximum Gasteiger partial charge on any atom is 0.333 e. The molecule has 3 rings (SSSR count). The smallest absolute Gasteiger partial charge is 0.333 e. The van der Waals surface area contributed by atoms with Crippen LogP contribution in [0.25, 0.3) is 11.2 Å². The minimum atomic E-state index is -4.11. The molecule has 9 nitrogen and oxygen atoms in total. The van der Waals surface area contributed by atoms with E-state index in [1.165, 1.54) is 4.57 Å². The third-order valence-corrected chi connectivity index (χ3v) is 5.96. The highest BCUT2D eigenvalue weighted by Gasteiger charge is 2.20. The minimum Gasteiger partial charge on any atom is -0.336 e. The van der Waals surface area contributed by atoms with Crippen molar-refractivity contribution in [1.82, 2.24) is 19.1 Å². The normalized spacial score (nSPS) is 12.7. The first-order valence-electron chi connectivity index (χ1n) is 9.96. The van der Waals surface area contributed by atoms with Gasteiger partial charge in [-0.3, -0.25) is 13.9 Å². The highest BCUT2D eigenvalue weighted by Crippen LogP contribution is 2.35. The SMILES string of the molecule is C#CCn1c(=O)c2[nH]c(C(C)Cc3ccccc3)nc2n(CCCCP(=O)(O)O)c1=O. The summed E-state index contributed by atoms with van der Waals surface area (Å²) in [5, 5.41) is 0. The third kappa shape index (κ3) is 5.42. The summed E-state index contributed by atoms with van der Waals surface area (Å²) in [6.45, 7) is 1.97. The Balaban J connectivity index is 1.98. The molecule has 2 heterocycles. The zero-order valence-corrected chi connectivity index (χ0v) is 18.1. The second-order valence-corrected chi connectivity index (χ2v) is 9.31. The Morgan fingerprint density at radius 2 is 1.90 bits per heavy atom. The number of terminal acetylenes is 1. The number of fused-ring (bicyclic) bond motifs is 1. The van der Waals surface area contributed by atoms with E-state index in [9.17, 15) is 14.2 Å². The zero-order valence-electron chi connectivity index (χ0n) is 17.2. The lowest BCUT2D eigenvalue weighted by molar-refractivity contribution is 0.370. The Labute approximate surface area is 178 Å². The van der Waals surface area contributed by atoms with Crippen LogP contribution in [0.3, 0.4) is 0 Å². The number of nitrogens with zero attached hydrogens (tertiary/aromatic N) is 3. The first-order valence-corrected chi connectivity index (χ1v) is 11.8. The standard InChI is InChI=1S/C21H25N4O5P/c1-3-11-25-20(26)17-19(24(21(25)27)12-7-8-13-31(28,29)30)23-18(22-17)15(2)14-16-9-5-4-6-10-16/h1,4-6,9-10,15H,7-8,11-14H2,2H3,(H,22,23)(H2,28,29,30). The molecule has 164 valence electrons. The molecule has 1 atom stereocenters. The summed E-state index contributed by atoms with van der Waals surface area (Å²) in [5.74, 6) is 2.87. The van der Waals surface area contributed by atoms with Gasteiger partial charge in [-0.15, -0.1) is 6.42 Å². The number of aromatic amines is 1. The summed E-state index contributed by atoms with van der Waals surface area (Å²) >= 11 is 0. The van der Waals surface area contributed by atoms with Gasteiger partial charge < -0.3 is 14.8 Å². The van der Waals surface area contributed by atoms with E-state index in [0.717, 1.165) is 10.1 Å². The molecule has 31 heavy (non-hydrogen) atoms. The van der Waals surface area contributed by atoms with Crippen molar-refractivity contribution in [1.29, 1.82) is 0 Å². The maximum atomic E-state index is 12.9. The van der Waals surface area contributed by atoms with Gasteiger partial charge in [0.1, 0.15) is 11.3 Å². The molecular formula is C21H25N4O5P. The number of imidazole rings is 1. The van der Waals surface area contributed by atoms with Crippen LogP contribution in [0.5, 0.6) is 0 Å². The fraction of sp³-hybridized carbons (Fsp3) is 0.381. The van der Waals surface area contributed by atoms with Gasteiger partial charge in [0.15, 0.2) is 5.65 Å². The lowest BCUT2D eigenvalue weighted by Crippen LogP contribution is -2.40. The second-order valence-electron chi connectivity index (χ2n) is 7.54. The predicted molar refractivity (Wildman–Crippen MR) is 118 cm³/mol. The topological polar surface area (TPSA) is 130 Å². The number of aryl methyl sites for hydroxylation is 1. The van der Waals surface area contributed by atoms with Crippen LogP contribution in [0, 0.1) is 12.3 Å². The molecule has 3 aromatic rings. The molecular weight excluding hydrogens is 419 g/mol. The van der Waals surface area contributed by atoms with Gasteiger partial charge in [0.25, 0.3) is 5.56 Å². The Bertz CT molecular complexity index is 1260. The molecule has 0 saturated heterocycles. The largest absolute Gasteiger partial charge is 0.336 e. The van der Waals surface area contributed by atoms with Gasteiger partial charge in [0, 0.05) is 18.6 Å². The van der Waals surface area contributed by atoms with Gasteiger partial charge in [-0.05, 0) is 24.8 Å². The monoisotopic (exact) mass is 444 g/mol. The van der Waals surface area contributed by atoms with E-state index >= 15 is 0 Å². The van der Waals surface area contributed by atoms with Crippen molar-refractivity contribution in [3.05, 3.63) is 62.6 Å². The van der Waals surface area contributed by atoms with E-state index in [1.807, 2.05) is 37.3 Å². The van der Waals surface area contributed by atoms with E-state index < -0.39 is 18.8 Å². The molecule has 3 N–H and O–H groups in total. The zero-order chi connectivity index (χ0) is 22.6. The average Bonchev–Trinajstić information content (AvgIpc) is 3.16. The van der Waals surface area contributed by atoms with Crippen LogP contribution in [0.4, 0.5) is 0 Å². The van der Waals surface area contributed by atoms with E-state index in [4.69, 9.17) is 16.2 Å². The number of H-pyrrole nitrogens is 1. The summed E-state index contributed by atoms with van der Waals surface area (Å²) in [6, 6.07) is 9.86. The van der Waals surface area contributed by atoms with Crippen LogP contribution in [0.1, 0.15) is 37.1 Å². The van der Waals surface area contributed by atoms with Crippen molar-refractivity contribution >= 4 is 18.8 Å². The molecule has 0 radical (unpaired) electrons. The third-order valence-electron chi connectivity index (χ3n) is 5.06. The number of rotatable bonds is 9. The van der Waals surface area contributed by atoms with Gasteiger partial charge in [-0.2, -0.15) is 0 Å². The summed E-state index contributed by atoms with van der Waals surface area (Å²) in [6.07, 6.45) is 6.34. The average molecular weight is 444 g/mol. The second kappa shape index (κ2) is 9.48. The molecule has 1 aromatic carbocycles. The van der Waals surface area contributed by atoms with Crippen LogP contribution in [-0.2, 0) is 24.1 Å². The molecule has 0 aliphatic rings. The van der Waals surface area contributed by atoms with Crippen LogP contribution in [0.2, 0.25) is 0 Å². The number of hydrogen-bond acceptors (Lipinski definition) is 4. The fourth-order valence-electron chi connectivity index (χ4n) is 3.50. The van der Waals surface area contributed by atoms with E-state index in [2.05, 4.69) is 15.9 Å². The van der Waals surface area contributed by atoms with Crippen LogP contribution >= 0.6 is 7.60 Å². The Morgan fingerprint density at radius 1 is 1.19 bits per heavy atom. The van der Waals surface area contributed by atoms with Crippen molar-refractivity contribution < 1.29 is 14.4 Å². The van der Waals surface area contributed by atoms with Crippen LogP contribution in [-0.4, -0.2) is 35.1 Å². The van der Waals surface area contributed by atoms with Crippen LogP contribution in [0.15, 0.2) is 39.9 Å². The molecule has 1 unspecified atom stereocenters. The lowest BCUT2D eigenvalue weighted by atomic mass is 10.0. The summed E-state index contributed by atoms with van der Waals surface area (Å²) in [5.41, 5.74) is 0.430. The van der Waals surface area contributed by atoms with Gasteiger partial charge in [-0.25, -0.2) is 14.3 Å². The molecule has 0 bridgehead atoms. The van der Waals surface area contributed by atoms with E-state index in [1.54, 1.807) is 0 Å². The minimum absolute atomic E-state index is 0.0338. The number of hydrogen-bond donors (Lipinski definition) is 3. The molecule has 10 heteroatoms. The van der Waals surface area contributed by atoms with Gasteiger partial charge >= 0.3 is 13.3 Å². The summed E-state index contributed by atoms with van der Waals surface area (Å²) < 4.78 is 13.4. The van der Waals surface area contributed by atoms with Crippen molar-refractivity contribution in [2.45, 2.75) is 45.2 Å². The molecule has 0 amide bonds. The Morgan fingerprint density at radius 3 is 2.55 bits per heavy atom. The first kappa shape index (κ1) is 22.8. The predicted octanol–water partition coefficient (Wildman–Crippen LogP) is 1.82. The van der Waals surface area contributed by atoms with Crippen molar-refractivity contribution in [3.8, 4) is 12.3 Å². The number of nitrogens with one attached hydrogen (secondary N) is 1. The Kier molecular flexibility index (Phi) is 6.96. The highest BCUT2D eigenvalue weighted by atomic mass is 31.2. The molecule has 0 saturated carbocycles. The molecule has 2 aromatic heterocycles. The lowest BCUT2D eigenvalue weighted by Gasteiger charge is -2.10. The molecule has 0 fully saturated rings. The molecule has 0 aliphatic heterocycles. The number of benzene rings is 1. The van der Waals surface area contributed by atoms with Crippen molar-refractivity contribution in [2.24, 2.45) is 0 Å². The van der Waals surface area contributed by atoms with Gasteiger partial charge in [0.2, 0.25) is 0 Å². The number of unbranched alkanes of at least 4 members (excludes halogenated alkanes) is 1. The van der Waals surface area contributed by atoms with Gasteiger partial charge in [0.05, 0.1) is 6.54 Å². The summed E-state index contributed by atoms with van der Waals surface area (Å²) in [7, 11) is -4.11. The van der Waals surface area contributed by atoms with Gasteiger partial charge in [-0.1, -0.05) is 43.2 Å². The molecule has 0 aliphatic carbocycles. The van der Waals surface area contributed by atoms with E-state index in [0.29, 0.717) is 18.7 Å².